The Labute approximate surface area is 161 Å². The van der Waals surface area contributed by atoms with Crippen LogP contribution in [0.5, 0.6) is 0 Å². The van der Waals surface area contributed by atoms with Crippen LogP contribution >= 0.6 is 11.3 Å². The van der Waals surface area contributed by atoms with Crippen LogP contribution < -0.4 is 10.6 Å². The number of benzene rings is 1. The summed E-state index contributed by atoms with van der Waals surface area (Å²) in [6.07, 6.45) is 4.23. The van der Waals surface area contributed by atoms with E-state index in [-0.39, 0.29) is 11.8 Å². The topological polar surface area (TPSA) is 88.9 Å². The number of carbonyl (C=O) groups excluding carboxylic acids is 2. The molecule has 27 heavy (non-hydrogen) atoms. The van der Waals surface area contributed by atoms with Crippen molar-refractivity contribution in [2.45, 2.75) is 26.7 Å². The summed E-state index contributed by atoms with van der Waals surface area (Å²) in [5.74, 6) is -0.356. The van der Waals surface area contributed by atoms with Gasteiger partial charge < -0.3 is 10.6 Å². The van der Waals surface area contributed by atoms with Gasteiger partial charge in [-0.25, -0.2) is 4.98 Å². The van der Waals surface area contributed by atoms with Gasteiger partial charge >= 0.3 is 0 Å². The lowest BCUT2D eigenvalue weighted by Gasteiger charge is -2.10. The number of nitrogens with one attached hydrogen (secondary N) is 2. The molecule has 0 fully saturated rings. The number of carbonyl (C=O) groups is 2. The van der Waals surface area contributed by atoms with E-state index < -0.39 is 0 Å². The molecular formula is C19H21N5O2S. The fourth-order valence-electron chi connectivity index (χ4n) is 2.56. The first-order chi connectivity index (χ1) is 12.9. The standard InChI is InChI=1S/C19H21N5O2S/c1-12-4-5-14(19(26)22-16-9-20-24(3)10-16)8-17(12)23-18(25)7-6-15-11-27-13(2)21-15/h4-5,8-11H,6-7H2,1-3H3,(H,22,26)(H,23,25). The molecule has 0 unspecified atom stereocenters. The fraction of sp³-hybridized carbons (Fsp3) is 0.263. The molecule has 1 aromatic carbocycles. The highest BCUT2D eigenvalue weighted by molar-refractivity contribution is 7.09. The number of aromatic nitrogens is 3. The van der Waals surface area contributed by atoms with E-state index in [0.29, 0.717) is 29.8 Å². The summed E-state index contributed by atoms with van der Waals surface area (Å²) in [7, 11) is 1.78. The van der Waals surface area contributed by atoms with Gasteiger partial charge in [-0.15, -0.1) is 11.3 Å². The highest BCUT2D eigenvalue weighted by Gasteiger charge is 2.12. The molecule has 0 saturated heterocycles. The molecule has 0 radical (unpaired) electrons. The average molecular weight is 383 g/mol. The molecule has 140 valence electrons. The smallest absolute Gasteiger partial charge is 0.255 e. The van der Waals surface area contributed by atoms with Crippen LogP contribution in [0.25, 0.3) is 0 Å². The first kappa shape index (κ1) is 18.8. The Balaban J connectivity index is 1.63. The molecule has 2 aromatic heterocycles. The molecule has 2 heterocycles. The lowest BCUT2D eigenvalue weighted by atomic mass is 10.1. The molecule has 2 N–H and O–H groups in total. The van der Waals surface area contributed by atoms with Crippen molar-refractivity contribution in [3.63, 3.8) is 0 Å². The average Bonchev–Trinajstić information content (AvgIpc) is 3.23. The molecule has 0 bridgehead atoms. The van der Waals surface area contributed by atoms with E-state index in [1.54, 1.807) is 47.6 Å². The summed E-state index contributed by atoms with van der Waals surface area (Å²) in [4.78, 5) is 29.1. The third kappa shape index (κ3) is 5.01. The number of thiazole rings is 1. The molecule has 3 aromatic rings. The van der Waals surface area contributed by atoms with Gasteiger partial charge in [-0.05, 0) is 38.0 Å². The summed E-state index contributed by atoms with van der Waals surface area (Å²) in [5, 5.41) is 12.7. The van der Waals surface area contributed by atoms with Crippen molar-refractivity contribution in [2.24, 2.45) is 7.05 Å². The van der Waals surface area contributed by atoms with Crippen LogP contribution in [0.2, 0.25) is 0 Å². The van der Waals surface area contributed by atoms with Gasteiger partial charge in [-0.2, -0.15) is 5.10 Å². The Hall–Kier alpha value is -3.00. The number of anilines is 2. The summed E-state index contributed by atoms with van der Waals surface area (Å²) in [6, 6.07) is 5.23. The lowest BCUT2D eigenvalue weighted by Crippen LogP contribution is -2.15. The van der Waals surface area contributed by atoms with Gasteiger partial charge in [0.2, 0.25) is 5.91 Å². The van der Waals surface area contributed by atoms with E-state index in [0.717, 1.165) is 16.3 Å². The predicted octanol–water partition coefficient (Wildman–Crippen LogP) is 3.32. The van der Waals surface area contributed by atoms with Gasteiger partial charge in [0.25, 0.3) is 5.91 Å². The van der Waals surface area contributed by atoms with Crippen LogP contribution in [-0.2, 0) is 18.3 Å². The van der Waals surface area contributed by atoms with Crippen molar-refractivity contribution in [1.29, 1.82) is 0 Å². The number of rotatable bonds is 6. The van der Waals surface area contributed by atoms with Gasteiger partial charge in [0.15, 0.2) is 0 Å². The maximum atomic E-state index is 12.4. The maximum absolute atomic E-state index is 12.4. The minimum Gasteiger partial charge on any atom is -0.326 e. The van der Waals surface area contributed by atoms with E-state index in [1.807, 2.05) is 25.3 Å². The molecule has 0 aliphatic heterocycles. The number of hydrogen-bond donors (Lipinski definition) is 2. The Bertz CT molecular complexity index is 976. The van der Waals surface area contributed by atoms with E-state index >= 15 is 0 Å². The molecule has 0 spiro atoms. The quantitative estimate of drug-likeness (QED) is 0.683. The molecule has 0 aliphatic carbocycles. The largest absolute Gasteiger partial charge is 0.326 e. The van der Waals surface area contributed by atoms with Crippen molar-refractivity contribution >= 4 is 34.5 Å². The number of aryl methyl sites for hydroxylation is 4. The summed E-state index contributed by atoms with van der Waals surface area (Å²) < 4.78 is 1.61. The zero-order valence-corrected chi connectivity index (χ0v) is 16.3. The predicted molar refractivity (Wildman–Crippen MR) is 106 cm³/mol. The van der Waals surface area contributed by atoms with Crippen LogP contribution in [0, 0.1) is 13.8 Å². The summed E-state index contributed by atoms with van der Waals surface area (Å²) in [5.41, 5.74) is 3.54. The highest BCUT2D eigenvalue weighted by Crippen LogP contribution is 2.19. The minimum atomic E-state index is -0.253. The molecule has 2 amide bonds. The Morgan fingerprint density at radius 2 is 2.04 bits per heavy atom. The van der Waals surface area contributed by atoms with Crippen LogP contribution in [0.4, 0.5) is 11.4 Å². The van der Waals surface area contributed by atoms with E-state index in [4.69, 9.17) is 0 Å². The van der Waals surface area contributed by atoms with Crippen LogP contribution in [-0.4, -0.2) is 26.6 Å². The summed E-state index contributed by atoms with van der Waals surface area (Å²) in [6.45, 7) is 3.84. The molecular weight excluding hydrogens is 362 g/mol. The lowest BCUT2D eigenvalue weighted by molar-refractivity contribution is -0.116. The van der Waals surface area contributed by atoms with Gasteiger partial charge in [0.05, 0.1) is 22.6 Å². The molecule has 8 heteroatoms. The normalized spacial score (nSPS) is 10.6. The third-order valence-corrected chi connectivity index (χ3v) is 4.83. The second-order valence-electron chi connectivity index (χ2n) is 6.29. The molecule has 0 atom stereocenters. The van der Waals surface area contributed by atoms with Crippen LogP contribution in [0.3, 0.4) is 0 Å². The molecule has 0 aliphatic rings. The Kier molecular flexibility index (Phi) is 5.66. The first-order valence-electron chi connectivity index (χ1n) is 8.52. The van der Waals surface area contributed by atoms with Crippen molar-refractivity contribution < 1.29 is 9.59 Å². The second-order valence-corrected chi connectivity index (χ2v) is 7.35. The SMILES string of the molecule is Cc1nc(CCC(=O)Nc2cc(C(=O)Nc3cnn(C)c3)ccc2C)cs1. The van der Waals surface area contributed by atoms with E-state index in [1.165, 1.54) is 0 Å². The van der Waals surface area contributed by atoms with Crippen molar-refractivity contribution in [3.8, 4) is 0 Å². The monoisotopic (exact) mass is 383 g/mol. The Morgan fingerprint density at radius 3 is 2.70 bits per heavy atom. The van der Waals surface area contributed by atoms with E-state index in [9.17, 15) is 9.59 Å². The van der Waals surface area contributed by atoms with Crippen molar-refractivity contribution in [2.75, 3.05) is 10.6 Å². The number of amides is 2. The summed E-state index contributed by atoms with van der Waals surface area (Å²) >= 11 is 1.58. The zero-order chi connectivity index (χ0) is 19.4. The van der Waals surface area contributed by atoms with Gasteiger partial charge in [0, 0.05) is 36.3 Å². The first-order valence-corrected chi connectivity index (χ1v) is 9.40. The molecule has 7 nitrogen and oxygen atoms in total. The van der Waals surface area contributed by atoms with Gasteiger partial charge in [-0.3, -0.25) is 14.3 Å². The molecule has 0 saturated carbocycles. The van der Waals surface area contributed by atoms with Crippen molar-refractivity contribution in [1.82, 2.24) is 14.8 Å². The van der Waals surface area contributed by atoms with Crippen LogP contribution in [0.15, 0.2) is 36.0 Å². The minimum absolute atomic E-state index is 0.103. The number of hydrogen-bond acceptors (Lipinski definition) is 5. The van der Waals surface area contributed by atoms with Crippen LogP contribution in [0.1, 0.15) is 33.0 Å². The Morgan fingerprint density at radius 1 is 1.22 bits per heavy atom. The second kappa shape index (κ2) is 8.13. The van der Waals surface area contributed by atoms with Crippen molar-refractivity contribution in [3.05, 3.63) is 57.8 Å². The van der Waals surface area contributed by atoms with E-state index in [2.05, 4.69) is 20.7 Å². The van der Waals surface area contributed by atoms with Gasteiger partial charge in [0.1, 0.15) is 0 Å². The zero-order valence-electron chi connectivity index (χ0n) is 15.4. The third-order valence-electron chi connectivity index (χ3n) is 4.01. The fourth-order valence-corrected chi connectivity index (χ4v) is 3.21. The highest BCUT2D eigenvalue weighted by atomic mass is 32.1. The molecule has 3 rings (SSSR count). The number of nitrogens with zero attached hydrogens (tertiary/aromatic N) is 3. The maximum Gasteiger partial charge on any atom is 0.255 e. The van der Waals surface area contributed by atoms with Gasteiger partial charge in [-0.1, -0.05) is 6.07 Å².